The van der Waals surface area contributed by atoms with Crippen molar-refractivity contribution in [2.75, 3.05) is 12.8 Å². The van der Waals surface area contributed by atoms with Gasteiger partial charge in [-0.25, -0.2) is 4.68 Å². The van der Waals surface area contributed by atoms with E-state index in [2.05, 4.69) is 5.10 Å². The van der Waals surface area contributed by atoms with Crippen molar-refractivity contribution in [2.24, 2.45) is 0 Å². The molecule has 0 aliphatic heterocycles. The highest BCUT2D eigenvalue weighted by atomic mass is 16.5. The Labute approximate surface area is 94.6 Å². The fourth-order valence-corrected chi connectivity index (χ4v) is 1.67. The van der Waals surface area contributed by atoms with Gasteiger partial charge in [-0.15, -0.1) is 0 Å². The van der Waals surface area contributed by atoms with E-state index < -0.39 is 0 Å². The number of nitrogens with two attached hydrogens (primary N) is 1. The summed E-state index contributed by atoms with van der Waals surface area (Å²) in [6, 6.07) is 5.75. The van der Waals surface area contributed by atoms with Gasteiger partial charge in [-0.1, -0.05) is 0 Å². The predicted molar refractivity (Wildman–Crippen MR) is 64.0 cm³/mol. The van der Waals surface area contributed by atoms with Crippen LogP contribution < -0.4 is 10.5 Å². The maximum atomic E-state index is 5.83. The first kappa shape index (κ1) is 10.5. The molecular weight excluding hydrogens is 202 g/mol. The second-order valence-electron chi connectivity index (χ2n) is 3.78. The highest BCUT2D eigenvalue weighted by Gasteiger charge is 2.07. The zero-order valence-electron chi connectivity index (χ0n) is 9.69. The van der Waals surface area contributed by atoms with Crippen molar-refractivity contribution in [1.82, 2.24) is 9.78 Å². The van der Waals surface area contributed by atoms with Crippen LogP contribution >= 0.6 is 0 Å². The Kier molecular flexibility index (Phi) is 2.56. The van der Waals surface area contributed by atoms with Crippen LogP contribution in [0.4, 0.5) is 5.69 Å². The molecule has 0 saturated heterocycles. The van der Waals surface area contributed by atoms with Crippen molar-refractivity contribution < 1.29 is 4.74 Å². The molecule has 0 fully saturated rings. The van der Waals surface area contributed by atoms with Crippen LogP contribution in [0, 0.1) is 13.8 Å². The maximum Gasteiger partial charge on any atom is 0.143 e. The van der Waals surface area contributed by atoms with E-state index in [1.54, 1.807) is 7.11 Å². The van der Waals surface area contributed by atoms with Crippen LogP contribution in [0.3, 0.4) is 0 Å². The van der Waals surface area contributed by atoms with Crippen LogP contribution in [0.5, 0.6) is 5.75 Å². The van der Waals surface area contributed by atoms with Gasteiger partial charge in [-0.2, -0.15) is 5.10 Å². The minimum atomic E-state index is 0.646. The lowest BCUT2D eigenvalue weighted by Crippen LogP contribution is -2.01. The zero-order chi connectivity index (χ0) is 11.7. The topological polar surface area (TPSA) is 53.1 Å². The van der Waals surface area contributed by atoms with Crippen molar-refractivity contribution >= 4 is 5.69 Å². The van der Waals surface area contributed by atoms with Crippen LogP contribution in [0.25, 0.3) is 5.69 Å². The largest absolute Gasteiger partial charge is 0.495 e. The summed E-state index contributed by atoms with van der Waals surface area (Å²) in [4.78, 5) is 0. The second kappa shape index (κ2) is 3.89. The molecular formula is C12H15N3O. The molecule has 0 aliphatic carbocycles. The lowest BCUT2D eigenvalue weighted by atomic mass is 10.1. The zero-order valence-corrected chi connectivity index (χ0v) is 9.69. The van der Waals surface area contributed by atoms with Gasteiger partial charge in [0.05, 0.1) is 24.2 Å². The minimum absolute atomic E-state index is 0.646. The third kappa shape index (κ3) is 1.74. The number of ether oxygens (including phenoxy) is 1. The number of hydrogen-bond acceptors (Lipinski definition) is 3. The summed E-state index contributed by atoms with van der Waals surface area (Å²) in [6.07, 6.45) is 1.92. The van der Waals surface area contributed by atoms with E-state index in [1.807, 2.05) is 42.9 Å². The lowest BCUT2D eigenvalue weighted by Gasteiger charge is -2.10. The van der Waals surface area contributed by atoms with Gasteiger partial charge in [-0.05, 0) is 31.5 Å². The van der Waals surface area contributed by atoms with E-state index >= 15 is 0 Å². The average molecular weight is 217 g/mol. The fraction of sp³-hybridized carbons (Fsp3) is 0.250. The molecule has 0 radical (unpaired) electrons. The molecule has 2 rings (SSSR count). The molecule has 16 heavy (non-hydrogen) atoms. The number of aromatic nitrogens is 2. The van der Waals surface area contributed by atoms with Crippen molar-refractivity contribution in [3.05, 3.63) is 35.7 Å². The van der Waals surface area contributed by atoms with Crippen LogP contribution in [0.2, 0.25) is 0 Å². The van der Waals surface area contributed by atoms with Gasteiger partial charge >= 0.3 is 0 Å². The first-order valence-corrected chi connectivity index (χ1v) is 5.08. The van der Waals surface area contributed by atoms with E-state index in [1.165, 1.54) is 0 Å². The molecule has 2 aromatic rings. The minimum Gasteiger partial charge on any atom is -0.495 e. The molecule has 1 aromatic heterocycles. The van der Waals surface area contributed by atoms with Gasteiger partial charge in [0, 0.05) is 12.3 Å². The number of hydrogen-bond donors (Lipinski definition) is 1. The molecule has 0 unspecified atom stereocenters. The first-order valence-electron chi connectivity index (χ1n) is 5.08. The van der Waals surface area contributed by atoms with E-state index in [9.17, 15) is 0 Å². The van der Waals surface area contributed by atoms with Gasteiger partial charge in [0.2, 0.25) is 0 Å². The Morgan fingerprint density at radius 3 is 2.62 bits per heavy atom. The number of nitrogen functional groups attached to an aromatic ring is 1. The Bertz CT molecular complexity index is 517. The SMILES string of the molecule is COc1cc(-n2ccc(C)n2)c(C)cc1N. The Hall–Kier alpha value is -1.97. The third-order valence-corrected chi connectivity index (χ3v) is 2.52. The Morgan fingerprint density at radius 1 is 1.31 bits per heavy atom. The standard InChI is InChI=1S/C12H15N3O/c1-8-6-10(13)12(16-3)7-11(8)15-5-4-9(2)14-15/h4-7H,13H2,1-3H3. The molecule has 2 N–H and O–H groups in total. The summed E-state index contributed by atoms with van der Waals surface area (Å²) >= 11 is 0. The summed E-state index contributed by atoms with van der Waals surface area (Å²) in [5.41, 5.74) is 9.51. The smallest absolute Gasteiger partial charge is 0.143 e. The molecule has 0 bridgehead atoms. The first-order chi connectivity index (χ1) is 7.61. The number of anilines is 1. The molecule has 1 heterocycles. The lowest BCUT2D eigenvalue weighted by molar-refractivity contribution is 0.416. The van der Waals surface area contributed by atoms with Crippen molar-refractivity contribution in [2.45, 2.75) is 13.8 Å². The molecule has 84 valence electrons. The van der Waals surface area contributed by atoms with Crippen molar-refractivity contribution in [1.29, 1.82) is 0 Å². The van der Waals surface area contributed by atoms with Crippen LogP contribution in [0.1, 0.15) is 11.3 Å². The van der Waals surface area contributed by atoms with Crippen LogP contribution in [-0.4, -0.2) is 16.9 Å². The quantitative estimate of drug-likeness (QED) is 0.783. The van der Waals surface area contributed by atoms with Gasteiger partial charge in [0.1, 0.15) is 5.75 Å². The normalized spacial score (nSPS) is 10.4. The summed E-state index contributed by atoms with van der Waals surface area (Å²) < 4.78 is 7.03. The molecule has 0 aliphatic rings. The molecule has 0 saturated carbocycles. The number of rotatable bonds is 2. The van der Waals surface area contributed by atoms with Crippen molar-refractivity contribution in [3.8, 4) is 11.4 Å². The van der Waals surface area contributed by atoms with Gasteiger partial charge < -0.3 is 10.5 Å². The summed E-state index contributed by atoms with van der Waals surface area (Å²) in [5.74, 6) is 0.675. The monoisotopic (exact) mass is 217 g/mol. The van der Waals surface area contributed by atoms with Gasteiger partial charge in [-0.3, -0.25) is 0 Å². The molecule has 0 atom stereocenters. The van der Waals surface area contributed by atoms with Crippen LogP contribution in [-0.2, 0) is 0 Å². The van der Waals surface area contributed by atoms with E-state index in [0.717, 1.165) is 16.9 Å². The summed E-state index contributed by atoms with van der Waals surface area (Å²) in [7, 11) is 1.61. The summed E-state index contributed by atoms with van der Waals surface area (Å²) in [6.45, 7) is 3.96. The van der Waals surface area contributed by atoms with E-state index in [4.69, 9.17) is 10.5 Å². The van der Waals surface area contributed by atoms with E-state index in [0.29, 0.717) is 11.4 Å². The van der Waals surface area contributed by atoms with Crippen LogP contribution in [0.15, 0.2) is 24.4 Å². The molecule has 0 amide bonds. The van der Waals surface area contributed by atoms with Crippen molar-refractivity contribution in [3.63, 3.8) is 0 Å². The van der Waals surface area contributed by atoms with Gasteiger partial charge in [0.15, 0.2) is 0 Å². The maximum absolute atomic E-state index is 5.83. The average Bonchev–Trinajstić information content (AvgIpc) is 2.65. The molecule has 4 nitrogen and oxygen atoms in total. The highest BCUT2D eigenvalue weighted by molar-refractivity contribution is 5.60. The number of benzene rings is 1. The fourth-order valence-electron chi connectivity index (χ4n) is 1.67. The van der Waals surface area contributed by atoms with E-state index in [-0.39, 0.29) is 0 Å². The predicted octanol–water partition coefficient (Wildman–Crippen LogP) is 2.08. The highest BCUT2D eigenvalue weighted by Crippen LogP contribution is 2.27. The Balaban J connectivity index is 2.56. The number of methoxy groups -OCH3 is 1. The second-order valence-corrected chi connectivity index (χ2v) is 3.78. The van der Waals surface area contributed by atoms with Gasteiger partial charge in [0.25, 0.3) is 0 Å². The third-order valence-electron chi connectivity index (χ3n) is 2.52. The molecule has 1 aromatic carbocycles. The summed E-state index contributed by atoms with van der Waals surface area (Å²) in [5, 5.41) is 4.37. The number of nitrogens with zero attached hydrogens (tertiary/aromatic N) is 2. The Morgan fingerprint density at radius 2 is 2.06 bits per heavy atom. The molecule has 4 heteroatoms. The number of aryl methyl sites for hydroxylation is 2. The molecule has 0 spiro atoms.